The minimum Gasteiger partial charge on any atom is -0.326 e. The largest absolute Gasteiger partial charge is 0.326 e. The van der Waals surface area contributed by atoms with Crippen molar-refractivity contribution in [2.45, 2.75) is 47.3 Å². The number of hydrogen-bond acceptors (Lipinski definition) is 3. The number of aromatic nitrogens is 4. The summed E-state index contributed by atoms with van der Waals surface area (Å²) in [7, 11) is 0. The first kappa shape index (κ1) is 12.8. The third kappa shape index (κ3) is 2.18. The van der Waals surface area contributed by atoms with Gasteiger partial charge in [-0.25, -0.2) is 0 Å². The Labute approximate surface area is 108 Å². The second-order valence-corrected chi connectivity index (χ2v) is 4.60. The molecule has 98 valence electrons. The molecule has 0 atom stereocenters. The van der Waals surface area contributed by atoms with E-state index in [2.05, 4.69) is 30.1 Å². The summed E-state index contributed by atoms with van der Waals surface area (Å²) in [4.78, 5) is 0. The highest BCUT2D eigenvalue weighted by atomic mass is 15.3. The fourth-order valence-electron chi connectivity index (χ4n) is 2.34. The van der Waals surface area contributed by atoms with E-state index in [1.807, 2.05) is 23.2 Å². The number of nitrogens with zero attached hydrogens (tertiary/aromatic N) is 4. The van der Waals surface area contributed by atoms with Gasteiger partial charge in [-0.05, 0) is 33.8 Å². The van der Waals surface area contributed by atoms with Gasteiger partial charge in [0.1, 0.15) is 0 Å². The monoisotopic (exact) mass is 247 g/mol. The van der Waals surface area contributed by atoms with E-state index in [0.717, 1.165) is 35.7 Å². The summed E-state index contributed by atoms with van der Waals surface area (Å²) in [6.45, 7) is 10.4. The van der Waals surface area contributed by atoms with Crippen molar-refractivity contribution in [2.24, 2.45) is 5.73 Å². The normalized spacial score (nSPS) is 11.2. The van der Waals surface area contributed by atoms with E-state index in [4.69, 9.17) is 5.73 Å². The molecule has 0 bridgehead atoms. The van der Waals surface area contributed by atoms with Crippen LogP contribution in [0.4, 0.5) is 0 Å². The predicted molar refractivity (Wildman–Crippen MR) is 71.3 cm³/mol. The third-order valence-corrected chi connectivity index (χ3v) is 3.33. The topological polar surface area (TPSA) is 61.7 Å². The molecule has 2 N–H and O–H groups in total. The maximum atomic E-state index is 5.75. The van der Waals surface area contributed by atoms with E-state index < -0.39 is 0 Å². The summed E-state index contributed by atoms with van der Waals surface area (Å²) in [5.41, 5.74) is 11.3. The van der Waals surface area contributed by atoms with Crippen LogP contribution in [-0.2, 0) is 19.6 Å². The van der Waals surface area contributed by atoms with Gasteiger partial charge in [-0.3, -0.25) is 9.36 Å². The molecular formula is C13H21N5. The number of nitrogens with two attached hydrogens (primary N) is 1. The van der Waals surface area contributed by atoms with Gasteiger partial charge in [-0.15, -0.1) is 0 Å². The van der Waals surface area contributed by atoms with Gasteiger partial charge in [0, 0.05) is 24.3 Å². The van der Waals surface area contributed by atoms with E-state index in [-0.39, 0.29) is 0 Å². The van der Waals surface area contributed by atoms with E-state index in [0.29, 0.717) is 6.54 Å². The average molecular weight is 247 g/mol. The van der Waals surface area contributed by atoms with Gasteiger partial charge < -0.3 is 5.73 Å². The number of rotatable bonds is 4. The smallest absolute Gasteiger partial charge is 0.0831 e. The van der Waals surface area contributed by atoms with Crippen LogP contribution in [0.1, 0.15) is 35.3 Å². The quantitative estimate of drug-likeness (QED) is 0.891. The minimum absolute atomic E-state index is 0.545. The lowest BCUT2D eigenvalue weighted by atomic mass is 10.2. The fourth-order valence-corrected chi connectivity index (χ4v) is 2.34. The zero-order valence-corrected chi connectivity index (χ0v) is 11.6. The molecule has 0 amide bonds. The summed E-state index contributed by atoms with van der Waals surface area (Å²) in [6, 6.07) is 2.11. The molecule has 2 aromatic heterocycles. The van der Waals surface area contributed by atoms with Crippen molar-refractivity contribution in [1.82, 2.24) is 19.6 Å². The second-order valence-electron chi connectivity index (χ2n) is 4.60. The summed E-state index contributed by atoms with van der Waals surface area (Å²) >= 11 is 0. The van der Waals surface area contributed by atoms with Crippen LogP contribution in [-0.4, -0.2) is 19.6 Å². The SMILES string of the molecule is CCn1nc(C)cc1Cn1nc(C)c(CN)c1C. The van der Waals surface area contributed by atoms with Gasteiger partial charge >= 0.3 is 0 Å². The zero-order chi connectivity index (χ0) is 13.3. The summed E-state index contributed by atoms with van der Waals surface area (Å²) in [5, 5.41) is 9.01. The van der Waals surface area contributed by atoms with Crippen LogP contribution in [0.5, 0.6) is 0 Å². The lowest BCUT2D eigenvalue weighted by Crippen LogP contribution is -2.10. The molecule has 0 spiro atoms. The Morgan fingerprint density at radius 2 is 1.89 bits per heavy atom. The lowest BCUT2D eigenvalue weighted by molar-refractivity contribution is 0.566. The molecule has 0 aliphatic rings. The highest BCUT2D eigenvalue weighted by Gasteiger charge is 2.12. The average Bonchev–Trinajstić information content (AvgIpc) is 2.81. The van der Waals surface area contributed by atoms with Crippen molar-refractivity contribution in [1.29, 1.82) is 0 Å². The highest BCUT2D eigenvalue weighted by Crippen LogP contribution is 2.14. The molecule has 5 nitrogen and oxygen atoms in total. The molecule has 2 rings (SSSR count). The van der Waals surface area contributed by atoms with E-state index in [9.17, 15) is 0 Å². The second kappa shape index (κ2) is 4.94. The highest BCUT2D eigenvalue weighted by molar-refractivity contribution is 5.25. The minimum atomic E-state index is 0.545. The van der Waals surface area contributed by atoms with Gasteiger partial charge in [0.15, 0.2) is 0 Å². The molecule has 0 aliphatic heterocycles. The van der Waals surface area contributed by atoms with Crippen LogP contribution in [0.2, 0.25) is 0 Å². The summed E-state index contributed by atoms with van der Waals surface area (Å²) in [6.07, 6.45) is 0. The molecule has 0 radical (unpaired) electrons. The first-order chi connectivity index (χ1) is 8.56. The van der Waals surface area contributed by atoms with Crippen LogP contribution in [0.15, 0.2) is 6.07 Å². The van der Waals surface area contributed by atoms with Gasteiger partial charge in [-0.2, -0.15) is 10.2 Å². The van der Waals surface area contributed by atoms with Gasteiger partial charge in [-0.1, -0.05) is 0 Å². The summed E-state index contributed by atoms with van der Waals surface area (Å²) in [5.74, 6) is 0. The van der Waals surface area contributed by atoms with E-state index in [1.165, 1.54) is 5.69 Å². The molecule has 2 aromatic rings. The van der Waals surface area contributed by atoms with Crippen molar-refractivity contribution in [3.05, 3.63) is 34.4 Å². The Morgan fingerprint density at radius 1 is 1.17 bits per heavy atom. The van der Waals surface area contributed by atoms with E-state index >= 15 is 0 Å². The molecule has 5 heteroatoms. The third-order valence-electron chi connectivity index (χ3n) is 3.33. The molecule has 0 fully saturated rings. The number of aryl methyl sites for hydroxylation is 3. The Hall–Kier alpha value is -1.62. The van der Waals surface area contributed by atoms with Crippen molar-refractivity contribution in [2.75, 3.05) is 0 Å². The Balaban J connectivity index is 2.34. The van der Waals surface area contributed by atoms with Crippen LogP contribution in [0.25, 0.3) is 0 Å². The molecular weight excluding hydrogens is 226 g/mol. The van der Waals surface area contributed by atoms with Crippen LogP contribution >= 0.6 is 0 Å². The maximum absolute atomic E-state index is 5.75. The standard InChI is InChI=1S/C13H21N5/c1-5-17-12(6-9(2)15-17)8-18-11(4)13(7-14)10(3)16-18/h6H,5,7-8,14H2,1-4H3. The molecule has 0 saturated carbocycles. The molecule has 0 aliphatic carbocycles. The van der Waals surface area contributed by atoms with Gasteiger partial charge in [0.05, 0.1) is 23.6 Å². The Bertz CT molecular complexity index is 550. The fraction of sp³-hybridized carbons (Fsp3) is 0.538. The van der Waals surface area contributed by atoms with Crippen LogP contribution in [0, 0.1) is 20.8 Å². The molecule has 0 unspecified atom stereocenters. The van der Waals surface area contributed by atoms with Crippen LogP contribution in [0.3, 0.4) is 0 Å². The van der Waals surface area contributed by atoms with Crippen molar-refractivity contribution in [3.8, 4) is 0 Å². The number of hydrogen-bond donors (Lipinski definition) is 1. The first-order valence-corrected chi connectivity index (χ1v) is 6.33. The van der Waals surface area contributed by atoms with Gasteiger partial charge in [0.2, 0.25) is 0 Å². The molecule has 0 saturated heterocycles. The van der Waals surface area contributed by atoms with E-state index in [1.54, 1.807) is 0 Å². The van der Waals surface area contributed by atoms with Crippen molar-refractivity contribution >= 4 is 0 Å². The first-order valence-electron chi connectivity index (χ1n) is 6.33. The van der Waals surface area contributed by atoms with Crippen molar-refractivity contribution in [3.63, 3.8) is 0 Å². The zero-order valence-electron chi connectivity index (χ0n) is 11.6. The molecule has 2 heterocycles. The molecule has 18 heavy (non-hydrogen) atoms. The maximum Gasteiger partial charge on any atom is 0.0831 e. The Morgan fingerprint density at radius 3 is 2.44 bits per heavy atom. The van der Waals surface area contributed by atoms with Crippen molar-refractivity contribution < 1.29 is 0 Å². The van der Waals surface area contributed by atoms with Crippen LogP contribution < -0.4 is 5.73 Å². The van der Waals surface area contributed by atoms with Gasteiger partial charge in [0.25, 0.3) is 0 Å². The molecule has 0 aromatic carbocycles. The Kier molecular flexibility index (Phi) is 3.52. The summed E-state index contributed by atoms with van der Waals surface area (Å²) < 4.78 is 4.04. The predicted octanol–water partition coefficient (Wildman–Crippen LogP) is 1.53. The lowest BCUT2D eigenvalue weighted by Gasteiger charge is -2.07.